The van der Waals surface area contributed by atoms with Gasteiger partial charge in [0.15, 0.2) is 0 Å². The molecule has 0 radical (unpaired) electrons. The van der Waals surface area contributed by atoms with Crippen molar-refractivity contribution in [2.24, 2.45) is 5.92 Å². The zero-order valence-electron chi connectivity index (χ0n) is 15.8. The third-order valence-corrected chi connectivity index (χ3v) is 5.10. The number of nitrogens with zero attached hydrogens (tertiary/aromatic N) is 3. The number of piperidine rings is 1. The summed E-state index contributed by atoms with van der Waals surface area (Å²) in [5.74, 6) is 0.982. The molecule has 7 nitrogen and oxygen atoms in total. The van der Waals surface area contributed by atoms with Crippen molar-refractivity contribution < 1.29 is 14.3 Å². The van der Waals surface area contributed by atoms with Gasteiger partial charge in [0.1, 0.15) is 6.04 Å². The van der Waals surface area contributed by atoms with Gasteiger partial charge in [0, 0.05) is 31.0 Å². The molecule has 7 heteroatoms. The minimum atomic E-state index is -0.327. The van der Waals surface area contributed by atoms with Gasteiger partial charge in [-0.3, -0.25) is 9.59 Å². The van der Waals surface area contributed by atoms with Crippen LogP contribution in [-0.4, -0.2) is 52.6 Å². The molecule has 1 aromatic heterocycles. The van der Waals surface area contributed by atoms with Crippen molar-refractivity contribution in [3.05, 3.63) is 17.8 Å². The average molecular weight is 360 g/mol. The number of hydrogen-bond donors (Lipinski definition) is 1. The van der Waals surface area contributed by atoms with Gasteiger partial charge in [0.2, 0.25) is 17.7 Å². The minimum absolute atomic E-state index is 0.0229. The van der Waals surface area contributed by atoms with E-state index >= 15 is 0 Å². The fourth-order valence-corrected chi connectivity index (χ4v) is 3.34. The van der Waals surface area contributed by atoms with E-state index in [4.69, 9.17) is 4.74 Å². The van der Waals surface area contributed by atoms with Crippen LogP contribution in [0, 0.1) is 5.92 Å². The Morgan fingerprint density at radius 1 is 1.23 bits per heavy atom. The number of hydrogen-bond acceptors (Lipinski definition) is 5. The summed E-state index contributed by atoms with van der Waals surface area (Å²) in [6.07, 6.45) is 2.87. The zero-order valence-corrected chi connectivity index (χ0v) is 15.8. The molecule has 26 heavy (non-hydrogen) atoms. The highest BCUT2D eigenvalue weighted by Gasteiger charge is 2.32. The van der Waals surface area contributed by atoms with E-state index in [1.165, 1.54) is 0 Å². The van der Waals surface area contributed by atoms with Crippen LogP contribution in [0.5, 0.6) is 5.88 Å². The Bertz CT molecular complexity index is 646. The molecular weight excluding hydrogens is 332 g/mol. The maximum atomic E-state index is 12.4. The Hall–Kier alpha value is -2.18. The van der Waals surface area contributed by atoms with E-state index in [1.807, 2.05) is 17.0 Å². The molecule has 0 bridgehead atoms. The summed E-state index contributed by atoms with van der Waals surface area (Å²) in [7, 11) is 0. The van der Waals surface area contributed by atoms with Crippen molar-refractivity contribution in [1.29, 1.82) is 0 Å². The quantitative estimate of drug-likeness (QED) is 0.883. The van der Waals surface area contributed by atoms with Crippen LogP contribution in [0.1, 0.15) is 52.1 Å². The summed E-state index contributed by atoms with van der Waals surface area (Å²) >= 11 is 0. The topological polar surface area (TPSA) is 84.4 Å². The van der Waals surface area contributed by atoms with Gasteiger partial charge in [0.05, 0.1) is 12.3 Å². The van der Waals surface area contributed by atoms with Crippen LogP contribution in [0.4, 0.5) is 0 Å². The second-order valence-electron chi connectivity index (χ2n) is 8.25. The highest BCUT2D eigenvalue weighted by molar-refractivity contribution is 5.90. The molecule has 2 aliphatic heterocycles. The lowest BCUT2D eigenvalue weighted by molar-refractivity contribution is -0.135. The lowest BCUT2D eigenvalue weighted by Crippen LogP contribution is -2.48. The number of rotatable bonds is 4. The summed E-state index contributed by atoms with van der Waals surface area (Å²) in [6, 6.07) is 3.50. The van der Waals surface area contributed by atoms with Crippen LogP contribution in [0.25, 0.3) is 0 Å². The van der Waals surface area contributed by atoms with Crippen LogP contribution >= 0.6 is 0 Å². The van der Waals surface area contributed by atoms with Gasteiger partial charge < -0.3 is 15.0 Å². The minimum Gasteiger partial charge on any atom is -0.476 e. The van der Waals surface area contributed by atoms with Crippen LogP contribution < -0.4 is 10.1 Å². The maximum Gasteiger partial charge on any atom is 0.245 e. The number of nitrogens with one attached hydrogen (secondary N) is 1. The first-order chi connectivity index (χ1) is 12.3. The molecule has 2 saturated heterocycles. The molecule has 0 spiro atoms. The van der Waals surface area contributed by atoms with Crippen LogP contribution in [-0.2, 0) is 15.0 Å². The largest absolute Gasteiger partial charge is 0.476 e. The summed E-state index contributed by atoms with van der Waals surface area (Å²) in [6.45, 7) is 8.32. The van der Waals surface area contributed by atoms with Crippen LogP contribution in [0.2, 0.25) is 0 Å². The van der Waals surface area contributed by atoms with E-state index < -0.39 is 0 Å². The average Bonchev–Trinajstić information content (AvgIpc) is 3.06. The molecule has 142 valence electrons. The van der Waals surface area contributed by atoms with Gasteiger partial charge in [-0.25, -0.2) is 0 Å². The standard InChI is InChI=1S/C19H28N4O3/c1-19(2,3)15-5-7-17(22-21-15)26-12-13-8-10-23(11-9-13)18(25)14-4-6-16(24)20-14/h5,7,13-14H,4,6,8-12H2,1-3H3,(H,20,24). The molecule has 2 aliphatic rings. The Morgan fingerprint density at radius 2 is 1.96 bits per heavy atom. The van der Waals surface area contributed by atoms with Gasteiger partial charge in [-0.15, -0.1) is 5.10 Å². The Morgan fingerprint density at radius 3 is 2.50 bits per heavy atom. The molecule has 1 atom stereocenters. The van der Waals surface area contributed by atoms with E-state index in [0.717, 1.165) is 18.5 Å². The monoisotopic (exact) mass is 360 g/mol. The number of ether oxygens (including phenoxy) is 1. The molecule has 2 amide bonds. The Labute approximate surface area is 154 Å². The lowest BCUT2D eigenvalue weighted by Gasteiger charge is -2.33. The second-order valence-corrected chi connectivity index (χ2v) is 8.25. The van der Waals surface area contributed by atoms with E-state index in [9.17, 15) is 9.59 Å². The van der Waals surface area contributed by atoms with Gasteiger partial charge in [-0.2, -0.15) is 5.10 Å². The number of amides is 2. The number of likely N-dealkylation sites (tertiary alicyclic amines) is 1. The van der Waals surface area contributed by atoms with Gasteiger partial charge in [-0.05, 0) is 31.2 Å². The normalized spacial score (nSPS) is 21.6. The molecule has 1 unspecified atom stereocenters. The lowest BCUT2D eigenvalue weighted by atomic mass is 9.92. The third kappa shape index (κ3) is 4.51. The molecule has 0 aliphatic carbocycles. The van der Waals surface area contributed by atoms with Crippen molar-refractivity contribution in [1.82, 2.24) is 20.4 Å². The maximum absolute atomic E-state index is 12.4. The Kier molecular flexibility index (Phi) is 5.44. The molecule has 2 fully saturated rings. The first-order valence-electron chi connectivity index (χ1n) is 9.38. The highest BCUT2D eigenvalue weighted by atomic mass is 16.5. The van der Waals surface area contributed by atoms with Crippen molar-refractivity contribution in [3.63, 3.8) is 0 Å². The predicted octanol–water partition coefficient (Wildman–Crippen LogP) is 1.67. The van der Waals surface area contributed by atoms with E-state index in [-0.39, 0.29) is 23.3 Å². The molecule has 3 heterocycles. The van der Waals surface area contributed by atoms with Crippen molar-refractivity contribution in [2.75, 3.05) is 19.7 Å². The van der Waals surface area contributed by atoms with Crippen molar-refractivity contribution in [3.8, 4) is 5.88 Å². The number of carbonyl (C=O) groups is 2. The SMILES string of the molecule is CC(C)(C)c1ccc(OCC2CCN(C(=O)C3CCC(=O)N3)CC2)nn1. The van der Waals surface area contributed by atoms with E-state index in [1.54, 1.807) is 0 Å². The van der Waals surface area contributed by atoms with Crippen LogP contribution in [0.3, 0.4) is 0 Å². The van der Waals surface area contributed by atoms with E-state index in [2.05, 4.69) is 36.3 Å². The molecule has 1 aromatic rings. The first-order valence-corrected chi connectivity index (χ1v) is 9.38. The summed E-state index contributed by atoms with van der Waals surface area (Å²) in [5.41, 5.74) is 0.916. The molecule has 1 N–H and O–H groups in total. The molecular formula is C19H28N4O3. The predicted molar refractivity (Wildman–Crippen MR) is 96.7 cm³/mol. The van der Waals surface area contributed by atoms with Gasteiger partial charge >= 0.3 is 0 Å². The number of aromatic nitrogens is 2. The Balaban J connectivity index is 1.43. The molecule has 0 saturated carbocycles. The molecule has 0 aromatic carbocycles. The van der Waals surface area contributed by atoms with Gasteiger partial charge in [0.25, 0.3) is 0 Å². The number of carbonyl (C=O) groups excluding carboxylic acids is 2. The summed E-state index contributed by atoms with van der Waals surface area (Å²) in [5, 5.41) is 11.1. The van der Waals surface area contributed by atoms with Crippen molar-refractivity contribution in [2.45, 2.75) is 57.9 Å². The fraction of sp³-hybridized carbons (Fsp3) is 0.684. The molecule has 3 rings (SSSR count). The van der Waals surface area contributed by atoms with Crippen molar-refractivity contribution >= 4 is 11.8 Å². The zero-order chi connectivity index (χ0) is 18.7. The second kappa shape index (κ2) is 7.60. The fourth-order valence-electron chi connectivity index (χ4n) is 3.34. The smallest absolute Gasteiger partial charge is 0.245 e. The third-order valence-electron chi connectivity index (χ3n) is 5.10. The van der Waals surface area contributed by atoms with Gasteiger partial charge in [-0.1, -0.05) is 20.8 Å². The highest BCUT2D eigenvalue weighted by Crippen LogP contribution is 2.22. The summed E-state index contributed by atoms with van der Waals surface area (Å²) in [4.78, 5) is 25.6. The van der Waals surface area contributed by atoms with Crippen LogP contribution in [0.15, 0.2) is 12.1 Å². The summed E-state index contributed by atoms with van der Waals surface area (Å²) < 4.78 is 5.79. The van der Waals surface area contributed by atoms with E-state index in [0.29, 0.717) is 44.3 Å². The first kappa shape index (κ1) is 18.6.